The molecule has 1 atom stereocenters. The Hall–Kier alpha value is -1.12. The Morgan fingerprint density at radius 1 is 1.50 bits per heavy atom. The van der Waals surface area contributed by atoms with Gasteiger partial charge in [-0.15, -0.1) is 0 Å². The van der Waals surface area contributed by atoms with Gasteiger partial charge in [0, 0.05) is 0 Å². The van der Waals surface area contributed by atoms with Crippen LogP contribution in [0.3, 0.4) is 0 Å². The third-order valence-electron chi connectivity index (χ3n) is 4.25. The molecule has 0 bridgehead atoms. The van der Waals surface area contributed by atoms with Crippen molar-refractivity contribution in [1.29, 1.82) is 0 Å². The van der Waals surface area contributed by atoms with Gasteiger partial charge in [0.1, 0.15) is 0 Å². The van der Waals surface area contributed by atoms with E-state index in [0.717, 1.165) is 19.3 Å². The van der Waals surface area contributed by atoms with E-state index in [4.69, 9.17) is 0 Å². The molecule has 2 rings (SSSR count). The fourth-order valence-electron chi connectivity index (χ4n) is 2.54. The Bertz CT molecular complexity index is 587. The van der Waals surface area contributed by atoms with Crippen LogP contribution in [0.5, 0.6) is 0 Å². The summed E-state index contributed by atoms with van der Waals surface area (Å²) in [6.45, 7) is 0. The van der Waals surface area contributed by atoms with E-state index in [2.05, 4.69) is 10.3 Å². The number of carbonyl (C=O) groups excluding carboxylic acids is 1. The first-order valence-electron chi connectivity index (χ1n) is 7.85. The van der Waals surface area contributed by atoms with Crippen LogP contribution >= 0.6 is 0 Å². The molecular formula is C15H19F2LiN2O2. The third-order valence-corrected chi connectivity index (χ3v) is 4.25. The molecule has 1 unspecified atom stereocenters. The molecule has 0 radical (unpaired) electrons. The van der Waals surface area contributed by atoms with Gasteiger partial charge < -0.3 is 0 Å². The summed E-state index contributed by atoms with van der Waals surface area (Å²) in [7, 11) is 0. The van der Waals surface area contributed by atoms with Gasteiger partial charge in [-0.05, 0) is 0 Å². The molecule has 7 heteroatoms. The SMILES string of the molecule is [Li][CH2]C(F)CCc1c[nH]c(=O)c(F)c1NC(=O)CC1CCC1. The molecule has 1 fully saturated rings. The van der Waals surface area contributed by atoms with E-state index >= 15 is 0 Å². The summed E-state index contributed by atoms with van der Waals surface area (Å²) in [5.74, 6) is -0.946. The molecule has 4 nitrogen and oxygen atoms in total. The number of pyridine rings is 1. The summed E-state index contributed by atoms with van der Waals surface area (Å²) >= 11 is 1.74. The van der Waals surface area contributed by atoms with Gasteiger partial charge >= 0.3 is 137 Å². The molecular weight excluding hydrogens is 285 g/mol. The first-order chi connectivity index (χ1) is 10.5. The van der Waals surface area contributed by atoms with Crippen molar-refractivity contribution in [3.8, 4) is 0 Å². The number of nitrogens with one attached hydrogen (secondary N) is 2. The van der Waals surface area contributed by atoms with E-state index in [-0.39, 0.29) is 24.4 Å². The molecule has 1 aromatic heterocycles. The Balaban J connectivity index is 2.10. The molecule has 1 amide bonds. The van der Waals surface area contributed by atoms with E-state index in [1.807, 2.05) is 0 Å². The summed E-state index contributed by atoms with van der Waals surface area (Å²) in [6, 6.07) is 0. The Kier molecular flexibility index (Phi) is 6.22. The summed E-state index contributed by atoms with van der Waals surface area (Å²) in [6.07, 6.45) is 4.36. The van der Waals surface area contributed by atoms with Crippen LogP contribution in [0.15, 0.2) is 11.0 Å². The second-order valence-corrected chi connectivity index (χ2v) is 5.93. The first-order valence-corrected chi connectivity index (χ1v) is 7.85. The van der Waals surface area contributed by atoms with Crippen LogP contribution in [0.25, 0.3) is 0 Å². The van der Waals surface area contributed by atoms with E-state index in [9.17, 15) is 18.4 Å². The fraction of sp³-hybridized carbons (Fsp3) is 0.600. The Morgan fingerprint density at radius 3 is 2.82 bits per heavy atom. The van der Waals surface area contributed by atoms with Crippen LogP contribution in [-0.2, 0) is 11.2 Å². The number of anilines is 1. The van der Waals surface area contributed by atoms with E-state index in [0.29, 0.717) is 23.0 Å². The van der Waals surface area contributed by atoms with Crippen LogP contribution in [0, 0.1) is 11.7 Å². The number of hydrogen-bond acceptors (Lipinski definition) is 2. The zero-order valence-corrected chi connectivity index (χ0v) is 12.8. The standard InChI is InChI=1S/C15H19F2N2O2.Li/c1-9(16)5-6-11-8-18-15(21)13(17)14(11)19-12(20)7-10-3-2-4-10;/h8-10H,1-7H2,(H2,18,19,20,21);. The zero-order chi connectivity index (χ0) is 16.1. The molecule has 1 aliphatic carbocycles. The van der Waals surface area contributed by atoms with Gasteiger partial charge in [-0.25, -0.2) is 0 Å². The average Bonchev–Trinajstić information content (AvgIpc) is 2.46. The summed E-state index contributed by atoms with van der Waals surface area (Å²) in [4.78, 5) is 25.6. The second-order valence-electron chi connectivity index (χ2n) is 5.93. The molecule has 1 heterocycles. The molecule has 0 aliphatic heterocycles. The molecule has 116 valence electrons. The van der Waals surface area contributed by atoms with Crippen LogP contribution in [0.2, 0.25) is 5.09 Å². The second kappa shape index (κ2) is 7.94. The number of amides is 1. The maximum absolute atomic E-state index is 14.0. The van der Waals surface area contributed by atoms with Gasteiger partial charge in [0.2, 0.25) is 0 Å². The molecule has 2 N–H and O–H groups in total. The predicted octanol–water partition coefficient (Wildman–Crippen LogP) is 2.50. The van der Waals surface area contributed by atoms with Crippen LogP contribution in [0.1, 0.15) is 37.7 Å². The van der Waals surface area contributed by atoms with Gasteiger partial charge in [0.15, 0.2) is 0 Å². The fourth-order valence-corrected chi connectivity index (χ4v) is 2.54. The first kappa shape index (κ1) is 17.2. The van der Waals surface area contributed by atoms with Crippen molar-refractivity contribution in [3.05, 3.63) is 27.9 Å². The number of carbonyl (C=O) groups is 1. The predicted molar refractivity (Wildman–Crippen MR) is 81.4 cm³/mol. The number of H-pyrrole nitrogens is 1. The average molecular weight is 304 g/mol. The molecule has 22 heavy (non-hydrogen) atoms. The van der Waals surface area contributed by atoms with Crippen LogP contribution in [-0.4, -0.2) is 34.8 Å². The number of aromatic nitrogens is 1. The van der Waals surface area contributed by atoms with Gasteiger partial charge in [0.25, 0.3) is 0 Å². The van der Waals surface area contributed by atoms with Crippen molar-refractivity contribution < 1.29 is 13.6 Å². The molecule has 1 aliphatic rings. The number of hydrogen-bond donors (Lipinski definition) is 2. The van der Waals surface area contributed by atoms with Crippen molar-refractivity contribution in [2.24, 2.45) is 5.92 Å². The van der Waals surface area contributed by atoms with E-state index < -0.39 is 17.5 Å². The van der Waals surface area contributed by atoms with Crippen molar-refractivity contribution >= 4 is 29.3 Å². The minimum absolute atomic E-state index is 0.101. The topological polar surface area (TPSA) is 62.0 Å². The maximum atomic E-state index is 14.0. The third kappa shape index (κ3) is 4.44. The normalized spacial score (nSPS) is 16.2. The van der Waals surface area contributed by atoms with E-state index in [1.54, 1.807) is 17.7 Å². The molecule has 0 aromatic carbocycles. The van der Waals surface area contributed by atoms with Crippen LogP contribution < -0.4 is 10.9 Å². The zero-order valence-electron chi connectivity index (χ0n) is 12.8. The molecule has 1 saturated carbocycles. The van der Waals surface area contributed by atoms with Gasteiger partial charge in [-0.1, -0.05) is 0 Å². The van der Waals surface area contributed by atoms with E-state index in [1.165, 1.54) is 6.20 Å². The molecule has 0 spiro atoms. The van der Waals surface area contributed by atoms with Crippen molar-refractivity contribution in [1.82, 2.24) is 4.98 Å². The number of rotatable bonds is 7. The molecule has 1 aromatic rings. The summed E-state index contributed by atoms with van der Waals surface area (Å²) in [5, 5.41) is 2.89. The number of alkyl halides is 1. The molecule has 0 saturated heterocycles. The van der Waals surface area contributed by atoms with Gasteiger partial charge in [0.05, 0.1) is 0 Å². The Labute approximate surface area is 137 Å². The van der Waals surface area contributed by atoms with Gasteiger partial charge in [-0.2, -0.15) is 0 Å². The summed E-state index contributed by atoms with van der Waals surface area (Å²) in [5.41, 5.74) is -0.554. The van der Waals surface area contributed by atoms with Crippen molar-refractivity contribution in [3.63, 3.8) is 0 Å². The van der Waals surface area contributed by atoms with Crippen molar-refractivity contribution in [2.45, 2.75) is 49.8 Å². The van der Waals surface area contributed by atoms with Gasteiger partial charge in [-0.3, -0.25) is 0 Å². The minimum atomic E-state index is -1.01. The monoisotopic (exact) mass is 304 g/mol. The van der Waals surface area contributed by atoms with Crippen molar-refractivity contribution in [2.75, 3.05) is 5.32 Å². The number of aromatic amines is 1. The number of aryl methyl sites for hydroxylation is 1. The Morgan fingerprint density at radius 2 is 2.23 bits per heavy atom. The van der Waals surface area contributed by atoms with Crippen LogP contribution in [0.4, 0.5) is 14.5 Å². The number of halogens is 2. The quantitative estimate of drug-likeness (QED) is 0.760. The summed E-state index contributed by atoms with van der Waals surface area (Å²) < 4.78 is 27.4.